The highest BCUT2D eigenvalue weighted by Gasteiger charge is 2.33. The molecule has 0 amide bonds. The van der Waals surface area contributed by atoms with Gasteiger partial charge in [0.1, 0.15) is 0 Å². The van der Waals surface area contributed by atoms with Crippen molar-refractivity contribution in [1.29, 1.82) is 0 Å². The van der Waals surface area contributed by atoms with Gasteiger partial charge in [-0.1, -0.05) is 18.5 Å². The third-order valence-electron chi connectivity index (χ3n) is 3.63. The van der Waals surface area contributed by atoms with Crippen molar-refractivity contribution in [2.24, 2.45) is 5.41 Å². The number of hydrogen-bond acceptors (Lipinski definition) is 3. The van der Waals surface area contributed by atoms with Crippen molar-refractivity contribution < 1.29 is 4.74 Å². The first-order chi connectivity index (χ1) is 9.09. The van der Waals surface area contributed by atoms with E-state index in [9.17, 15) is 0 Å². The number of hydrogen-bond donors (Lipinski definition) is 1. The zero-order chi connectivity index (χ0) is 13.5. The molecule has 2 heterocycles. The Morgan fingerprint density at radius 2 is 2.26 bits per heavy atom. The molecule has 3 nitrogen and oxygen atoms in total. The Kier molecular flexibility index (Phi) is 3.11. The van der Waals surface area contributed by atoms with Crippen LogP contribution in [0.2, 0.25) is 5.02 Å². The van der Waals surface area contributed by atoms with Crippen LogP contribution >= 0.6 is 11.6 Å². The van der Waals surface area contributed by atoms with Gasteiger partial charge >= 0.3 is 0 Å². The molecule has 1 aromatic heterocycles. The number of ether oxygens (including phenoxy) is 1. The number of pyridine rings is 1. The van der Waals surface area contributed by atoms with E-state index in [0.717, 1.165) is 46.9 Å². The molecule has 0 atom stereocenters. The van der Waals surface area contributed by atoms with Gasteiger partial charge in [-0.3, -0.25) is 4.98 Å². The second-order valence-corrected chi connectivity index (χ2v) is 6.01. The summed E-state index contributed by atoms with van der Waals surface area (Å²) in [5, 5.41) is 5.31. The Balaban J connectivity index is 1.97. The van der Waals surface area contributed by atoms with Gasteiger partial charge in [0.25, 0.3) is 0 Å². The van der Waals surface area contributed by atoms with E-state index in [1.807, 2.05) is 25.3 Å². The summed E-state index contributed by atoms with van der Waals surface area (Å²) in [5.74, 6) is 0. The maximum absolute atomic E-state index is 6.38. The zero-order valence-electron chi connectivity index (χ0n) is 11.2. The molecule has 1 N–H and O–H groups in total. The summed E-state index contributed by atoms with van der Waals surface area (Å²) >= 11 is 6.38. The summed E-state index contributed by atoms with van der Waals surface area (Å²) in [6, 6.07) is 5.97. The quantitative estimate of drug-likeness (QED) is 0.929. The maximum Gasteiger partial charge on any atom is 0.0752 e. The summed E-state index contributed by atoms with van der Waals surface area (Å²) in [6.07, 6.45) is 1.81. The number of nitrogens with zero attached hydrogens (tertiary/aromatic N) is 1. The second-order valence-electron chi connectivity index (χ2n) is 5.61. The third-order valence-corrected chi connectivity index (χ3v) is 3.92. The van der Waals surface area contributed by atoms with Crippen molar-refractivity contribution in [3.63, 3.8) is 0 Å². The first-order valence-electron chi connectivity index (χ1n) is 6.45. The Labute approximate surface area is 117 Å². The van der Waals surface area contributed by atoms with Gasteiger partial charge in [-0.15, -0.1) is 0 Å². The molecule has 4 heteroatoms. The number of aryl methyl sites for hydroxylation is 1. The molecular weight excluding hydrogens is 260 g/mol. The van der Waals surface area contributed by atoms with Crippen molar-refractivity contribution in [3.8, 4) is 0 Å². The Morgan fingerprint density at radius 3 is 2.95 bits per heavy atom. The molecule has 1 fully saturated rings. The van der Waals surface area contributed by atoms with E-state index in [0.29, 0.717) is 0 Å². The highest BCUT2D eigenvalue weighted by atomic mass is 35.5. The minimum Gasteiger partial charge on any atom is -0.383 e. The molecule has 19 heavy (non-hydrogen) atoms. The normalized spacial score (nSPS) is 17.2. The van der Waals surface area contributed by atoms with Gasteiger partial charge < -0.3 is 10.1 Å². The lowest BCUT2D eigenvalue weighted by atomic mass is 9.88. The summed E-state index contributed by atoms with van der Waals surface area (Å²) in [7, 11) is 0. The average Bonchev–Trinajstić information content (AvgIpc) is 2.36. The molecule has 1 aliphatic rings. The van der Waals surface area contributed by atoms with Gasteiger partial charge in [-0.05, 0) is 30.7 Å². The fourth-order valence-corrected chi connectivity index (χ4v) is 2.75. The van der Waals surface area contributed by atoms with Crippen LogP contribution in [-0.4, -0.2) is 24.7 Å². The molecule has 3 rings (SSSR count). The van der Waals surface area contributed by atoms with Crippen molar-refractivity contribution in [2.75, 3.05) is 25.1 Å². The van der Waals surface area contributed by atoms with Crippen molar-refractivity contribution >= 4 is 28.2 Å². The van der Waals surface area contributed by atoms with E-state index in [-0.39, 0.29) is 5.41 Å². The minimum absolute atomic E-state index is 0.211. The highest BCUT2D eigenvalue weighted by molar-refractivity contribution is 6.35. The molecular formula is C15H17ClN2O. The lowest BCUT2D eigenvalue weighted by molar-refractivity contribution is -0.0924. The fraction of sp³-hybridized carbons (Fsp3) is 0.400. The van der Waals surface area contributed by atoms with E-state index >= 15 is 0 Å². The molecule has 0 bridgehead atoms. The summed E-state index contributed by atoms with van der Waals surface area (Å²) < 4.78 is 5.28. The molecule has 1 saturated heterocycles. The molecule has 0 aliphatic carbocycles. The van der Waals surface area contributed by atoms with Crippen LogP contribution in [0.25, 0.3) is 10.9 Å². The predicted octanol–water partition coefficient (Wildman–Crippen LogP) is 3.65. The van der Waals surface area contributed by atoms with Crippen LogP contribution in [0.5, 0.6) is 0 Å². The Bertz CT molecular complexity index is 623. The molecule has 2 aromatic rings. The first-order valence-corrected chi connectivity index (χ1v) is 6.82. The summed E-state index contributed by atoms with van der Waals surface area (Å²) in [5.41, 5.74) is 3.29. The molecule has 1 aromatic carbocycles. The Hall–Kier alpha value is -1.32. The maximum atomic E-state index is 6.38. The monoisotopic (exact) mass is 276 g/mol. The van der Waals surface area contributed by atoms with Gasteiger partial charge in [0.15, 0.2) is 0 Å². The van der Waals surface area contributed by atoms with Crippen molar-refractivity contribution in [2.45, 2.75) is 13.8 Å². The van der Waals surface area contributed by atoms with E-state index < -0.39 is 0 Å². The van der Waals surface area contributed by atoms with Crippen molar-refractivity contribution in [3.05, 3.63) is 35.0 Å². The SMILES string of the molecule is Cc1cc(Cl)c(NCC2(C)COC2)c2cccnc12. The first kappa shape index (κ1) is 12.7. The van der Waals surface area contributed by atoms with E-state index in [2.05, 4.69) is 23.3 Å². The molecule has 100 valence electrons. The summed E-state index contributed by atoms with van der Waals surface area (Å²) in [4.78, 5) is 4.44. The van der Waals surface area contributed by atoms with Crippen LogP contribution in [-0.2, 0) is 4.74 Å². The molecule has 0 radical (unpaired) electrons. The van der Waals surface area contributed by atoms with Crippen LogP contribution in [0.15, 0.2) is 24.4 Å². The van der Waals surface area contributed by atoms with Crippen LogP contribution < -0.4 is 5.32 Å². The van der Waals surface area contributed by atoms with E-state index in [1.54, 1.807) is 0 Å². The van der Waals surface area contributed by atoms with Gasteiger partial charge in [0.2, 0.25) is 0 Å². The van der Waals surface area contributed by atoms with E-state index in [1.165, 1.54) is 0 Å². The number of halogens is 1. The lowest BCUT2D eigenvalue weighted by Crippen LogP contribution is -2.45. The number of aromatic nitrogens is 1. The third kappa shape index (κ3) is 2.28. The van der Waals surface area contributed by atoms with Crippen molar-refractivity contribution in [1.82, 2.24) is 4.98 Å². The topological polar surface area (TPSA) is 34.1 Å². The van der Waals surface area contributed by atoms with Gasteiger partial charge in [-0.25, -0.2) is 0 Å². The number of rotatable bonds is 3. The number of benzene rings is 1. The summed E-state index contributed by atoms with van der Waals surface area (Å²) in [6.45, 7) is 6.72. The predicted molar refractivity (Wildman–Crippen MR) is 78.9 cm³/mol. The number of anilines is 1. The average molecular weight is 277 g/mol. The largest absolute Gasteiger partial charge is 0.383 e. The Morgan fingerprint density at radius 1 is 1.47 bits per heavy atom. The number of fused-ring (bicyclic) bond motifs is 1. The lowest BCUT2D eigenvalue weighted by Gasteiger charge is -2.38. The van der Waals surface area contributed by atoms with Crippen LogP contribution in [0.1, 0.15) is 12.5 Å². The second kappa shape index (κ2) is 4.66. The molecule has 0 saturated carbocycles. The highest BCUT2D eigenvalue weighted by Crippen LogP contribution is 2.34. The molecule has 0 unspecified atom stereocenters. The molecule has 1 aliphatic heterocycles. The van der Waals surface area contributed by atoms with Gasteiger partial charge in [0, 0.05) is 23.5 Å². The van der Waals surface area contributed by atoms with Crippen LogP contribution in [0, 0.1) is 12.3 Å². The van der Waals surface area contributed by atoms with Crippen LogP contribution in [0.4, 0.5) is 5.69 Å². The van der Waals surface area contributed by atoms with E-state index in [4.69, 9.17) is 16.3 Å². The minimum atomic E-state index is 0.211. The smallest absolute Gasteiger partial charge is 0.0752 e. The fourth-order valence-electron chi connectivity index (χ4n) is 2.41. The van der Waals surface area contributed by atoms with Gasteiger partial charge in [0.05, 0.1) is 29.4 Å². The standard InChI is InChI=1S/C15H17ClN2O/c1-10-6-12(16)14(11-4-3-5-17-13(10)11)18-7-15(2)8-19-9-15/h3-6,18H,7-9H2,1-2H3. The van der Waals surface area contributed by atoms with Gasteiger partial charge in [-0.2, -0.15) is 0 Å². The zero-order valence-corrected chi connectivity index (χ0v) is 11.9. The molecule has 0 spiro atoms. The number of nitrogens with one attached hydrogen (secondary N) is 1. The van der Waals surface area contributed by atoms with Crippen LogP contribution in [0.3, 0.4) is 0 Å².